The van der Waals surface area contributed by atoms with Crippen LogP contribution in [0, 0.1) is 5.92 Å². The number of hydrogen-bond donors (Lipinski definition) is 0. The van der Waals surface area contributed by atoms with Crippen LogP contribution in [0.5, 0.6) is 0 Å². The molecule has 0 saturated carbocycles. The van der Waals surface area contributed by atoms with E-state index in [9.17, 15) is 0 Å². The Morgan fingerprint density at radius 2 is 1.91 bits per heavy atom. The molecule has 0 fully saturated rings. The summed E-state index contributed by atoms with van der Waals surface area (Å²) in [6.07, 6.45) is 4.71. The molecule has 0 N–H and O–H groups in total. The summed E-state index contributed by atoms with van der Waals surface area (Å²) >= 11 is 8.94. The predicted octanol–water partition coefficient (Wildman–Crippen LogP) is 4.04. The molecule has 0 aliphatic carbocycles. The van der Waals surface area contributed by atoms with E-state index >= 15 is 0 Å². The Morgan fingerprint density at radius 1 is 1.36 bits per heavy atom. The molecule has 0 amide bonds. The van der Waals surface area contributed by atoms with Crippen LogP contribution in [0.4, 0.5) is 0 Å². The van der Waals surface area contributed by atoms with Gasteiger partial charge >= 0.3 is 0 Å². The number of rotatable bonds is 5. The molecule has 4 heteroatoms. The van der Waals surface area contributed by atoms with Crippen molar-refractivity contribution in [1.29, 1.82) is 0 Å². The smallest absolute Gasteiger partial charge is 0.162 e. The van der Waals surface area contributed by atoms with Crippen LogP contribution in [-0.4, -0.2) is 15.9 Å². The zero-order valence-electron chi connectivity index (χ0n) is 7.31. The molecule has 11 heavy (non-hydrogen) atoms. The van der Waals surface area contributed by atoms with Crippen LogP contribution in [0.25, 0.3) is 0 Å². The third-order valence-corrected chi connectivity index (χ3v) is 3.46. The molecule has 0 aromatic heterocycles. The Labute approximate surface area is 91.3 Å². The van der Waals surface area contributed by atoms with E-state index in [1.54, 1.807) is 0 Å². The van der Waals surface area contributed by atoms with Crippen molar-refractivity contribution < 1.29 is 0 Å². The van der Waals surface area contributed by atoms with Gasteiger partial charge in [-0.1, -0.05) is 13.8 Å². The molecular formula is C7H15BBr2S. The number of hydrogen-bond acceptors (Lipinski definition) is 1. The normalized spacial score (nSPS) is 16.1. The fraction of sp³-hybridized carbons (Fsp3) is 1.00. The predicted molar refractivity (Wildman–Crippen MR) is 65.2 cm³/mol. The second-order valence-electron chi connectivity index (χ2n) is 3.01. The van der Waals surface area contributed by atoms with Crippen LogP contribution in [0.3, 0.4) is 0 Å². The van der Waals surface area contributed by atoms with Gasteiger partial charge in [0, 0.05) is 5.25 Å². The first-order chi connectivity index (χ1) is 5.06. The molecule has 2 atom stereocenters. The molecular weight excluding hydrogens is 287 g/mol. The maximum absolute atomic E-state index is 3.50. The van der Waals surface area contributed by atoms with Crippen molar-refractivity contribution in [3.8, 4) is 0 Å². The van der Waals surface area contributed by atoms with E-state index in [4.69, 9.17) is 0 Å². The standard InChI is InChI=1S/C7H15BBr2S/c1-6(5-8(9)10)4-7(2)11-3/h6-7H,4-5H2,1-3H3/t6-,7?/m1/s1. The Morgan fingerprint density at radius 3 is 2.27 bits per heavy atom. The van der Waals surface area contributed by atoms with E-state index in [2.05, 4.69) is 51.6 Å². The van der Waals surface area contributed by atoms with Crippen LogP contribution in [0.1, 0.15) is 20.3 Å². The molecule has 0 aromatic carbocycles. The van der Waals surface area contributed by atoms with Crippen molar-refractivity contribution in [2.24, 2.45) is 5.92 Å². The van der Waals surface area contributed by atoms with Crippen molar-refractivity contribution in [3.63, 3.8) is 0 Å². The monoisotopic (exact) mass is 300 g/mol. The molecule has 1 unspecified atom stereocenters. The maximum Gasteiger partial charge on any atom is 0.298 e. The van der Waals surface area contributed by atoms with Crippen LogP contribution in [-0.2, 0) is 0 Å². The lowest BCUT2D eigenvalue weighted by molar-refractivity contribution is 0.584. The van der Waals surface area contributed by atoms with Crippen LogP contribution in [0.15, 0.2) is 0 Å². The first-order valence-corrected chi connectivity index (χ1v) is 6.99. The van der Waals surface area contributed by atoms with Crippen molar-refractivity contribution in [1.82, 2.24) is 0 Å². The fourth-order valence-corrected chi connectivity index (χ4v) is 2.86. The lowest BCUT2D eigenvalue weighted by atomic mass is 9.89. The maximum atomic E-state index is 3.50. The van der Waals surface area contributed by atoms with Crippen molar-refractivity contribution >= 4 is 47.6 Å². The molecule has 0 bridgehead atoms. The summed E-state index contributed by atoms with van der Waals surface area (Å²) in [7, 11) is 0. The van der Waals surface area contributed by atoms with Crippen molar-refractivity contribution in [2.75, 3.05) is 6.26 Å². The third-order valence-electron chi connectivity index (χ3n) is 1.72. The summed E-state index contributed by atoms with van der Waals surface area (Å²) in [5.41, 5.74) is 0. The minimum absolute atomic E-state index is 0.485. The zero-order valence-corrected chi connectivity index (χ0v) is 11.3. The third kappa shape index (κ3) is 7.73. The highest BCUT2D eigenvalue weighted by Crippen LogP contribution is 2.23. The zero-order chi connectivity index (χ0) is 8.85. The summed E-state index contributed by atoms with van der Waals surface area (Å²) in [6, 6.07) is 0. The summed E-state index contributed by atoms with van der Waals surface area (Å²) in [4.78, 5) is 0. The molecule has 0 nitrogen and oxygen atoms in total. The molecule has 0 aliphatic heterocycles. The van der Waals surface area contributed by atoms with Gasteiger partial charge in [-0.05, 0) is 24.9 Å². The SMILES string of the molecule is CSC(C)C[C@@H](C)CB(Br)Br. The molecule has 0 aliphatic rings. The Kier molecular flexibility index (Phi) is 7.70. The Hall–Kier alpha value is 1.37. The number of halogens is 2. The average molecular weight is 302 g/mol. The quantitative estimate of drug-likeness (QED) is 0.691. The first-order valence-electron chi connectivity index (χ1n) is 3.87. The highest BCUT2D eigenvalue weighted by Gasteiger charge is 2.12. The minimum atomic E-state index is 0.485. The van der Waals surface area contributed by atoms with E-state index in [1.807, 2.05) is 11.8 Å². The molecule has 0 radical (unpaired) electrons. The Balaban J connectivity index is 3.43. The van der Waals surface area contributed by atoms with E-state index in [0.717, 1.165) is 11.2 Å². The van der Waals surface area contributed by atoms with Crippen molar-refractivity contribution in [2.45, 2.75) is 31.8 Å². The highest BCUT2D eigenvalue weighted by atomic mass is 79.9. The van der Waals surface area contributed by atoms with Crippen LogP contribution < -0.4 is 0 Å². The van der Waals surface area contributed by atoms with Crippen molar-refractivity contribution in [3.05, 3.63) is 0 Å². The summed E-state index contributed by atoms with van der Waals surface area (Å²) < 4.78 is 0.485. The molecule has 66 valence electrons. The minimum Gasteiger partial charge on any atom is -0.162 e. The Bertz CT molecular complexity index is 100. The summed E-state index contributed by atoms with van der Waals surface area (Å²) in [6.45, 7) is 4.60. The van der Waals surface area contributed by atoms with Gasteiger partial charge in [0.2, 0.25) is 0 Å². The van der Waals surface area contributed by atoms with Gasteiger partial charge in [0.1, 0.15) is 0 Å². The van der Waals surface area contributed by atoms with Gasteiger partial charge in [-0.3, -0.25) is 0 Å². The van der Waals surface area contributed by atoms with E-state index in [1.165, 1.54) is 12.7 Å². The lowest BCUT2D eigenvalue weighted by Crippen LogP contribution is -2.07. The lowest BCUT2D eigenvalue weighted by Gasteiger charge is -2.14. The molecule has 0 heterocycles. The highest BCUT2D eigenvalue weighted by molar-refractivity contribution is 9.49. The van der Waals surface area contributed by atoms with Crippen LogP contribution >= 0.6 is 43.3 Å². The van der Waals surface area contributed by atoms with Gasteiger partial charge in [0.15, 0.2) is 0 Å². The average Bonchev–Trinajstić information content (AvgIpc) is 1.85. The van der Waals surface area contributed by atoms with Gasteiger partial charge in [0.05, 0.1) is 0 Å². The van der Waals surface area contributed by atoms with E-state index in [-0.39, 0.29) is 0 Å². The van der Waals surface area contributed by atoms with Gasteiger partial charge in [-0.25, -0.2) is 0 Å². The first kappa shape index (κ1) is 12.4. The topological polar surface area (TPSA) is 0 Å². The molecule has 0 saturated heterocycles. The molecule has 0 spiro atoms. The molecule has 0 aromatic rings. The summed E-state index contributed by atoms with van der Waals surface area (Å²) in [5.74, 6) is 0.807. The molecule has 0 rings (SSSR count). The largest absolute Gasteiger partial charge is 0.298 e. The van der Waals surface area contributed by atoms with Gasteiger partial charge < -0.3 is 0 Å². The van der Waals surface area contributed by atoms with Crippen LogP contribution in [0.2, 0.25) is 6.32 Å². The fourth-order valence-electron chi connectivity index (χ4n) is 1.06. The van der Waals surface area contributed by atoms with E-state index < -0.39 is 0 Å². The second-order valence-corrected chi connectivity index (χ2v) is 7.73. The number of thioether (sulfide) groups is 1. The van der Waals surface area contributed by atoms with E-state index in [0.29, 0.717) is 4.36 Å². The second kappa shape index (κ2) is 6.84. The summed E-state index contributed by atoms with van der Waals surface area (Å²) in [5, 5.41) is 0.795. The van der Waals surface area contributed by atoms with Gasteiger partial charge in [0.25, 0.3) is 4.36 Å². The van der Waals surface area contributed by atoms with Gasteiger partial charge in [-0.2, -0.15) is 11.8 Å². The van der Waals surface area contributed by atoms with Gasteiger partial charge in [-0.15, -0.1) is 31.5 Å².